The van der Waals surface area contributed by atoms with Crippen LogP contribution in [0.4, 0.5) is 0 Å². The third-order valence-corrected chi connectivity index (χ3v) is 2.54. The molecule has 18 heavy (non-hydrogen) atoms. The number of rotatable bonds is 9. The Balaban J connectivity index is 2.42. The maximum absolute atomic E-state index is 10.8. The fourth-order valence-electron chi connectivity index (χ4n) is 1.63. The summed E-state index contributed by atoms with van der Waals surface area (Å²) in [4.78, 5) is 16.3. The Bertz CT molecular complexity index is 340. The molecule has 0 fully saturated rings. The van der Waals surface area contributed by atoms with Crippen LogP contribution in [0, 0.1) is 0 Å². The van der Waals surface area contributed by atoms with E-state index in [2.05, 4.69) is 6.92 Å². The van der Waals surface area contributed by atoms with E-state index in [9.17, 15) is 4.79 Å². The lowest BCUT2D eigenvalue weighted by Gasteiger charge is -2.19. The molecule has 0 atom stereocenters. The molecule has 0 saturated heterocycles. The molecule has 4 heteroatoms. The van der Waals surface area contributed by atoms with Crippen molar-refractivity contribution in [2.45, 2.75) is 32.7 Å². The van der Waals surface area contributed by atoms with Gasteiger partial charge in [-0.05, 0) is 12.0 Å². The Morgan fingerprint density at radius 1 is 1.28 bits per heavy atom. The van der Waals surface area contributed by atoms with E-state index in [0.717, 1.165) is 24.8 Å². The van der Waals surface area contributed by atoms with Crippen LogP contribution in [0.3, 0.4) is 0 Å². The summed E-state index contributed by atoms with van der Waals surface area (Å²) in [6, 6.07) is 9.73. The molecule has 0 bridgehead atoms. The molecule has 0 aliphatic heterocycles. The SMILES string of the molecule is CCCCCON(CC(=O)O)Cc1ccccc1. The molecule has 0 unspecified atom stereocenters. The Labute approximate surface area is 108 Å². The molecular weight excluding hydrogens is 230 g/mol. The zero-order chi connectivity index (χ0) is 13.2. The van der Waals surface area contributed by atoms with Gasteiger partial charge in [-0.2, -0.15) is 5.06 Å². The highest BCUT2D eigenvalue weighted by molar-refractivity contribution is 5.68. The topological polar surface area (TPSA) is 49.8 Å². The lowest BCUT2D eigenvalue weighted by Crippen LogP contribution is -2.30. The average molecular weight is 251 g/mol. The van der Waals surface area contributed by atoms with Gasteiger partial charge in [-0.3, -0.25) is 9.63 Å². The predicted molar refractivity (Wildman–Crippen MR) is 70.0 cm³/mol. The first-order valence-electron chi connectivity index (χ1n) is 6.36. The van der Waals surface area contributed by atoms with Gasteiger partial charge in [0.1, 0.15) is 6.54 Å². The molecule has 1 aromatic carbocycles. The van der Waals surface area contributed by atoms with E-state index in [1.807, 2.05) is 30.3 Å². The highest BCUT2D eigenvalue weighted by atomic mass is 16.7. The molecule has 0 aromatic heterocycles. The first-order valence-corrected chi connectivity index (χ1v) is 6.36. The minimum atomic E-state index is -0.874. The maximum Gasteiger partial charge on any atom is 0.320 e. The molecule has 0 aliphatic rings. The third kappa shape index (κ3) is 6.37. The van der Waals surface area contributed by atoms with Crippen LogP contribution in [0.5, 0.6) is 0 Å². The number of nitrogens with zero attached hydrogens (tertiary/aromatic N) is 1. The number of carbonyl (C=O) groups is 1. The molecule has 0 heterocycles. The van der Waals surface area contributed by atoms with Crippen LogP contribution in [0.25, 0.3) is 0 Å². The normalized spacial score (nSPS) is 10.8. The molecule has 0 saturated carbocycles. The van der Waals surface area contributed by atoms with E-state index in [-0.39, 0.29) is 6.54 Å². The van der Waals surface area contributed by atoms with Crippen LogP contribution < -0.4 is 0 Å². The molecule has 4 nitrogen and oxygen atoms in total. The van der Waals surface area contributed by atoms with Gasteiger partial charge >= 0.3 is 5.97 Å². The van der Waals surface area contributed by atoms with E-state index < -0.39 is 5.97 Å². The zero-order valence-electron chi connectivity index (χ0n) is 10.8. The maximum atomic E-state index is 10.8. The Kier molecular flexibility index (Phi) is 7.06. The second-order valence-electron chi connectivity index (χ2n) is 4.22. The van der Waals surface area contributed by atoms with Crippen molar-refractivity contribution in [1.82, 2.24) is 5.06 Å². The molecule has 1 rings (SSSR count). The van der Waals surface area contributed by atoms with E-state index in [1.54, 1.807) is 0 Å². The standard InChI is InChI=1S/C14H21NO3/c1-2-3-7-10-18-15(12-14(16)17)11-13-8-5-4-6-9-13/h4-6,8-9H,2-3,7,10-12H2,1H3,(H,16,17). The largest absolute Gasteiger partial charge is 0.480 e. The molecule has 0 aliphatic carbocycles. The number of hydroxylamine groups is 2. The van der Waals surface area contributed by atoms with Crippen molar-refractivity contribution in [2.75, 3.05) is 13.2 Å². The molecule has 100 valence electrons. The van der Waals surface area contributed by atoms with Crippen LogP contribution in [-0.4, -0.2) is 29.3 Å². The summed E-state index contributed by atoms with van der Waals surface area (Å²) in [5, 5.41) is 10.4. The van der Waals surface area contributed by atoms with Gasteiger partial charge < -0.3 is 5.11 Å². The lowest BCUT2D eigenvalue weighted by atomic mass is 10.2. The smallest absolute Gasteiger partial charge is 0.320 e. The summed E-state index contributed by atoms with van der Waals surface area (Å²) in [5.74, 6) is -0.874. The van der Waals surface area contributed by atoms with Gasteiger partial charge in [-0.1, -0.05) is 50.1 Å². The predicted octanol–water partition coefficient (Wildman–Crippen LogP) is 2.70. The van der Waals surface area contributed by atoms with Gasteiger partial charge in [0.15, 0.2) is 0 Å². The highest BCUT2D eigenvalue weighted by Crippen LogP contribution is 2.06. The minimum Gasteiger partial charge on any atom is -0.480 e. The number of benzene rings is 1. The number of carboxylic acids is 1. The van der Waals surface area contributed by atoms with Gasteiger partial charge in [-0.15, -0.1) is 0 Å². The van der Waals surface area contributed by atoms with Crippen LogP contribution in [0.2, 0.25) is 0 Å². The van der Waals surface area contributed by atoms with Crippen molar-refractivity contribution < 1.29 is 14.7 Å². The summed E-state index contributed by atoms with van der Waals surface area (Å²) in [6.07, 6.45) is 3.19. The van der Waals surface area contributed by atoms with Crippen LogP contribution in [0.1, 0.15) is 31.7 Å². The molecule has 1 aromatic rings. The summed E-state index contributed by atoms with van der Waals surface area (Å²) >= 11 is 0. The van der Waals surface area contributed by atoms with Crippen molar-refractivity contribution in [1.29, 1.82) is 0 Å². The van der Waals surface area contributed by atoms with Gasteiger partial charge in [0.2, 0.25) is 0 Å². The van der Waals surface area contributed by atoms with Crippen molar-refractivity contribution in [3.8, 4) is 0 Å². The fraction of sp³-hybridized carbons (Fsp3) is 0.500. The average Bonchev–Trinajstić information content (AvgIpc) is 2.35. The molecule has 0 radical (unpaired) electrons. The Morgan fingerprint density at radius 2 is 2.00 bits per heavy atom. The first-order chi connectivity index (χ1) is 8.72. The third-order valence-electron chi connectivity index (χ3n) is 2.54. The van der Waals surface area contributed by atoms with Gasteiger partial charge in [-0.25, -0.2) is 0 Å². The van der Waals surface area contributed by atoms with Crippen LogP contribution in [0.15, 0.2) is 30.3 Å². The summed E-state index contributed by atoms with van der Waals surface area (Å²) in [5.41, 5.74) is 1.05. The molecule has 1 N–H and O–H groups in total. The van der Waals surface area contributed by atoms with Crippen LogP contribution in [-0.2, 0) is 16.2 Å². The van der Waals surface area contributed by atoms with Crippen molar-refractivity contribution in [3.05, 3.63) is 35.9 Å². The van der Waals surface area contributed by atoms with Crippen molar-refractivity contribution in [3.63, 3.8) is 0 Å². The van der Waals surface area contributed by atoms with Gasteiger partial charge in [0.25, 0.3) is 0 Å². The first kappa shape index (κ1) is 14.7. The number of carboxylic acid groups (broad SMARTS) is 1. The zero-order valence-corrected chi connectivity index (χ0v) is 10.8. The van der Waals surface area contributed by atoms with E-state index in [0.29, 0.717) is 13.2 Å². The second-order valence-corrected chi connectivity index (χ2v) is 4.22. The molecule has 0 amide bonds. The summed E-state index contributed by atoms with van der Waals surface area (Å²) < 4.78 is 0. The molecular formula is C14H21NO3. The summed E-state index contributed by atoms with van der Waals surface area (Å²) in [6.45, 7) is 3.10. The van der Waals surface area contributed by atoms with E-state index in [1.165, 1.54) is 5.06 Å². The number of hydrogen-bond acceptors (Lipinski definition) is 3. The number of unbranched alkanes of at least 4 members (excludes halogenated alkanes) is 2. The van der Waals surface area contributed by atoms with E-state index >= 15 is 0 Å². The van der Waals surface area contributed by atoms with Gasteiger partial charge in [0.05, 0.1) is 6.61 Å². The van der Waals surface area contributed by atoms with Crippen molar-refractivity contribution >= 4 is 5.97 Å². The Hall–Kier alpha value is -1.39. The van der Waals surface area contributed by atoms with Gasteiger partial charge in [0, 0.05) is 6.54 Å². The monoisotopic (exact) mass is 251 g/mol. The minimum absolute atomic E-state index is 0.0962. The second kappa shape index (κ2) is 8.66. The quantitative estimate of drug-likeness (QED) is 0.541. The fourth-order valence-corrected chi connectivity index (χ4v) is 1.63. The van der Waals surface area contributed by atoms with Crippen LogP contribution >= 0.6 is 0 Å². The Morgan fingerprint density at radius 3 is 2.61 bits per heavy atom. The number of aliphatic carboxylic acids is 1. The lowest BCUT2D eigenvalue weighted by molar-refractivity contribution is -0.182. The molecule has 0 spiro atoms. The van der Waals surface area contributed by atoms with Crippen molar-refractivity contribution in [2.24, 2.45) is 0 Å². The highest BCUT2D eigenvalue weighted by Gasteiger charge is 2.10. The number of hydrogen-bond donors (Lipinski definition) is 1. The van der Waals surface area contributed by atoms with E-state index in [4.69, 9.17) is 9.94 Å². The summed E-state index contributed by atoms with van der Waals surface area (Å²) in [7, 11) is 0.